The normalized spacial score (nSPS) is 15.6. The molecule has 0 aliphatic carbocycles. The highest BCUT2D eigenvalue weighted by Crippen LogP contribution is 2.26. The number of benzene rings is 2. The van der Waals surface area contributed by atoms with Gasteiger partial charge in [0.05, 0.1) is 30.8 Å². The number of carbonyl (C=O) groups excluding carboxylic acids is 1. The van der Waals surface area contributed by atoms with E-state index in [0.717, 1.165) is 24.4 Å². The van der Waals surface area contributed by atoms with Crippen molar-refractivity contribution in [2.45, 2.75) is 6.04 Å². The highest BCUT2D eigenvalue weighted by atomic mass is 79.9. The van der Waals surface area contributed by atoms with Gasteiger partial charge < -0.3 is 19.5 Å². The summed E-state index contributed by atoms with van der Waals surface area (Å²) in [7, 11) is 1.63. The Kier molecular flexibility index (Phi) is 7.85. The molecule has 1 N–H and O–H groups in total. The fourth-order valence-corrected chi connectivity index (χ4v) is 3.64. The number of nitrogens with zero attached hydrogens (tertiary/aromatic N) is 1. The van der Waals surface area contributed by atoms with E-state index in [1.54, 1.807) is 7.11 Å². The molecule has 2 aromatic carbocycles. The van der Waals surface area contributed by atoms with Gasteiger partial charge in [-0.1, -0.05) is 12.1 Å². The molecule has 29 heavy (non-hydrogen) atoms. The van der Waals surface area contributed by atoms with Crippen molar-refractivity contribution in [3.63, 3.8) is 0 Å². The second-order valence-electron chi connectivity index (χ2n) is 6.60. The van der Waals surface area contributed by atoms with Crippen LogP contribution in [0.5, 0.6) is 11.5 Å². The molecule has 1 aliphatic rings. The topological polar surface area (TPSA) is 60.0 Å². The Hall–Kier alpha value is -2.16. The highest BCUT2D eigenvalue weighted by molar-refractivity contribution is 9.10. The number of methoxy groups -OCH3 is 1. The summed E-state index contributed by atoms with van der Waals surface area (Å²) in [5.74, 6) is 0.590. The van der Waals surface area contributed by atoms with E-state index in [1.807, 2.05) is 24.3 Å². The molecule has 0 bridgehead atoms. The van der Waals surface area contributed by atoms with Crippen molar-refractivity contribution in [2.24, 2.45) is 0 Å². The van der Waals surface area contributed by atoms with Crippen LogP contribution < -0.4 is 14.8 Å². The van der Waals surface area contributed by atoms with E-state index >= 15 is 0 Å². The van der Waals surface area contributed by atoms with Gasteiger partial charge in [-0.25, -0.2) is 4.39 Å². The summed E-state index contributed by atoms with van der Waals surface area (Å²) >= 11 is 3.23. The average molecular weight is 467 g/mol. The third kappa shape index (κ3) is 6.16. The molecule has 0 radical (unpaired) electrons. The Balaban J connectivity index is 1.60. The number of halogens is 2. The van der Waals surface area contributed by atoms with Gasteiger partial charge in [0.25, 0.3) is 5.91 Å². The molecule has 2 aromatic rings. The lowest BCUT2D eigenvalue weighted by atomic mass is 10.0. The summed E-state index contributed by atoms with van der Waals surface area (Å²) in [5.41, 5.74) is 1.09. The second-order valence-corrected chi connectivity index (χ2v) is 7.46. The number of hydrogen-bond acceptors (Lipinski definition) is 5. The van der Waals surface area contributed by atoms with E-state index in [0.29, 0.717) is 30.0 Å². The summed E-state index contributed by atoms with van der Waals surface area (Å²) in [4.78, 5) is 14.6. The van der Waals surface area contributed by atoms with E-state index < -0.39 is 0 Å². The number of nitrogens with one attached hydrogen (secondary N) is 1. The zero-order valence-corrected chi connectivity index (χ0v) is 17.8. The summed E-state index contributed by atoms with van der Waals surface area (Å²) in [5, 5.41) is 2.94. The van der Waals surface area contributed by atoms with Gasteiger partial charge in [-0.05, 0) is 51.8 Å². The maximum atomic E-state index is 13.2. The van der Waals surface area contributed by atoms with Crippen molar-refractivity contribution >= 4 is 21.8 Å². The summed E-state index contributed by atoms with van der Waals surface area (Å²) < 4.78 is 29.8. The molecule has 156 valence electrons. The molecule has 0 saturated carbocycles. The van der Waals surface area contributed by atoms with E-state index in [9.17, 15) is 9.18 Å². The van der Waals surface area contributed by atoms with Gasteiger partial charge in [0.2, 0.25) is 0 Å². The first kappa shape index (κ1) is 21.5. The van der Waals surface area contributed by atoms with Crippen LogP contribution in [0.3, 0.4) is 0 Å². The standard InChI is InChI=1S/C21H24BrFN2O4/c1-27-17-5-2-15(3-6-17)19(25-8-10-28-11-9-25)13-24-21(26)14-29-20-7-4-16(23)12-18(20)22/h2-7,12,19H,8-11,13-14H2,1H3,(H,24,26)/t19-/m0/s1. The Morgan fingerprint density at radius 1 is 1.24 bits per heavy atom. The molecule has 0 aromatic heterocycles. The molecular weight excluding hydrogens is 443 g/mol. The van der Waals surface area contributed by atoms with Crippen LogP contribution in [-0.4, -0.2) is 57.4 Å². The van der Waals surface area contributed by atoms with Gasteiger partial charge >= 0.3 is 0 Å². The third-order valence-corrected chi connectivity index (χ3v) is 5.35. The molecule has 0 unspecified atom stereocenters. The third-order valence-electron chi connectivity index (χ3n) is 4.73. The number of carbonyl (C=O) groups is 1. The second kappa shape index (κ2) is 10.6. The molecule has 1 fully saturated rings. The SMILES string of the molecule is COc1ccc([C@H](CNC(=O)COc2ccc(F)cc2Br)N2CCOCC2)cc1. The summed E-state index contributed by atoms with van der Waals surface area (Å²) in [6.45, 7) is 3.23. The predicted octanol–water partition coefficient (Wildman–Crippen LogP) is 3.17. The highest BCUT2D eigenvalue weighted by Gasteiger charge is 2.23. The van der Waals surface area contributed by atoms with E-state index in [2.05, 4.69) is 26.1 Å². The fraction of sp³-hybridized carbons (Fsp3) is 0.381. The predicted molar refractivity (Wildman–Crippen MR) is 111 cm³/mol. The number of amides is 1. The monoisotopic (exact) mass is 466 g/mol. The van der Waals surface area contributed by atoms with Crippen LogP contribution in [-0.2, 0) is 9.53 Å². The molecule has 1 saturated heterocycles. The smallest absolute Gasteiger partial charge is 0.258 e. The first-order valence-corrected chi connectivity index (χ1v) is 10.2. The molecule has 0 spiro atoms. The van der Waals surface area contributed by atoms with E-state index in [1.165, 1.54) is 18.2 Å². The van der Waals surface area contributed by atoms with Crippen molar-refractivity contribution < 1.29 is 23.4 Å². The lowest BCUT2D eigenvalue weighted by Gasteiger charge is -2.35. The number of morpholine rings is 1. The van der Waals surface area contributed by atoms with Crippen molar-refractivity contribution in [3.05, 3.63) is 58.3 Å². The van der Waals surface area contributed by atoms with Crippen LogP contribution in [0.15, 0.2) is 46.9 Å². The van der Waals surface area contributed by atoms with Crippen LogP contribution >= 0.6 is 15.9 Å². The molecule has 8 heteroatoms. The van der Waals surface area contributed by atoms with Gasteiger partial charge in [0, 0.05) is 19.6 Å². The lowest BCUT2D eigenvalue weighted by molar-refractivity contribution is -0.123. The van der Waals surface area contributed by atoms with Gasteiger partial charge in [0.1, 0.15) is 17.3 Å². The molecule has 6 nitrogen and oxygen atoms in total. The summed E-state index contributed by atoms with van der Waals surface area (Å²) in [6.07, 6.45) is 0. The van der Waals surface area contributed by atoms with E-state index in [4.69, 9.17) is 14.2 Å². The number of hydrogen-bond donors (Lipinski definition) is 1. The number of ether oxygens (including phenoxy) is 3. The number of rotatable bonds is 8. The van der Waals surface area contributed by atoms with Crippen molar-refractivity contribution in [1.29, 1.82) is 0 Å². The largest absolute Gasteiger partial charge is 0.497 e. The Morgan fingerprint density at radius 3 is 2.62 bits per heavy atom. The van der Waals surface area contributed by atoms with Gasteiger partial charge in [-0.2, -0.15) is 0 Å². The molecule has 1 amide bonds. The zero-order chi connectivity index (χ0) is 20.6. The molecule has 1 heterocycles. The van der Waals surface area contributed by atoms with Crippen molar-refractivity contribution in [1.82, 2.24) is 10.2 Å². The average Bonchev–Trinajstić information content (AvgIpc) is 2.74. The Bertz CT molecular complexity index is 813. The van der Waals surface area contributed by atoms with E-state index in [-0.39, 0.29) is 24.4 Å². The van der Waals surface area contributed by atoms with Crippen LogP contribution in [0.25, 0.3) is 0 Å². The molecule has 3 rings (SSSR count). The van der Waals surface area contributed by atoms with Gasteiger partial charge in [0.15, 0.2) is 6.61 Å². The van der Waals surface area contributed by atoms with Crippen LogP contribution in [0, 0.1) is 5.82 Å². The first-order valence-electron chi connectivity index (χ1n) is 9.37. The maximum absolute atomic E-state index is 13.2. The van der Waals surface area contributed by atoms with Crippen LogP contribution in [0.2, 0.25) is 0 Å². The molecule has 1 aliphatic heterocycles. The summed E-state index contributed by atoms with van der Waals surface area (Å²) in [6, 6.07) is 11.9. The quantitative estimate of drug-likeness (QED) is 0.647. The fourth-order valence-electron chi connectivity index (χ4n) is 3.17. The lowest BCUT2D eigenvalue weighted by Crippen LogP contribution is -2.44. The Labute approximate surface area is 178 Å². The minimum absolute atomic E-state index is 0.0197. The minimum Gasteiger partial charge on any atom is -0.497 e. The van der Waals surface area contributed by atoms with Gasteiger partial charge in [-0.15, -0.1) is 0 Å². The minimum atomic E-state index is -0.374. The first-order chi connectivity index (χ1) is 14.1. The van der Waals surface area contributed by atoms with Gasteiger partial charge in [-0.3, -0.25) is 9.69 Å². The van der Waals surface area contributed by atoms with Crippen LogP contribution in [0.1, 0.15) is 11.6 Å². The van der Waals surface area contributed by atoms with Crippen molar-refractivity contribution in [3.8, 4) is 11.5 Å². The Morgan fingerprint density at radius 2 is 1.97 bits per heavy atom. The molecule has 1 atom stereocenters. The molecular formula is C21H24BrFN2O4. The maximum Gasteiger partial charge on any atom is 0.258 e. The van der Waals surface area contributed by atoms with Crippen LogP contribution in [0.4, 0.5) is 4.39 Å². The van der Waals surface area contributed by atoms with Crippen molar-refractivity contribution in [2.75, 3.05) is 46.6 Å². The zero-order valence-electron chi connectivity index (χ0n) is 16.2.